The summed E-state index contributed by atoms with van der Waals surface area (Å²) in [7, 11) is -4.52. The van der Waals surface area contributed by atoms with Crippen LogP contribution in [-0.4, -0.2) is 55.2 Å². The number of carboxylic acids is 1. The fourth-order valence-electron chi connectivity index (χ4n) is 7.48. The van der Waals surface area contributed by atoms with Crippen LogP contribution in [0.4, 0.5) is 30.7 Å². The third kappa shape index (κ3) is 5.48. The first kappa shape index (κ1) is 35.4. The first-order valence-corrected chi connectivity index (χ1v) is 17.2. The number of amides is 1. The maximum Gasteiger partial charge on any atom is 0.435 e. The smallest absolute Gasteiger partial charge is 0.435 e. The van der Waals surface area contributed by atoms with Crippen molar-refractivity contribution in [2.45, 2.75) is 85.6 Å². The molecular formula is C32H31BrF7NO5S. The molecule has 3 aliphatic rings. The van der Waals surface area contributed by atoms with Crippen molar-refractivity contribution in [2.75, 3.05) is 6.54 Å². The number of carboxylic acid groups (broad SMARTS) is 1. The minimum atomic E-state index is -6.38. The summed E-state index contributed by atoms with van der Waals surface area (Å²) in [6.45, 7) is 5.46. The molecule has 1 amide bonds. The molecule has 0 unspecified atom stereocenters. The summed E-state index contributed by atoms with van der Waals surface area (Å²) in [6, 6.07) is 5.92. The number of fused-ring (bicyclic) bond motifs is 3. The van der Waals surface area contributed by atoms with E-state index in [2.05, 4.69) is 22.5 Å². The predicted molar refractivity (Wildman–Crippen MR) is 161 cm³/mol. The fraction of sp³-hybridized carbons (Fsp3) is 0.500. The zero-order chi connectivity index (χ0) is 34.9. The number of likely N-dealkylation sites (tertiary alicyclic amines) is 1. The number of sulfone groups is 1. The molecule has 0 bridgehead atoms. The number of aryl methyl sites for hydroxylation is 1. The van der Waals surface area contributed by atoms with Crippen LogP contribution in [0.2, 0.25) is 0 Å². The van der Waals surface area contributed by atoms with Crippen LogP contribution in [0, 0.1) is 11.8 Å². The zero-order valence-corrected chi connectivity index (χ0v) is 27.4. The topological polar surface area (TPSA) is 91.8 Å². The van der Waals surface area contributed by atoms with Crippen LogP contribution >= 0.6 is 15.9 Å². The van der Waals surface area contributed by atoms with Crippen LogP contribution in [0.15, 0.2) is 52.3 Å². The Bertz CT molecular complexity index is 1700. The number of allylic oxidation sites excluding steroid dienone is 1. The molecule has 2 fully saturated rings. The Hall–Kier alpha value is -2.94. The van der Waals surface area contributed by atoms with Crippen molar-refractivity contribution < 1.29 is 53.8 Å². The maximum atomic E-state index is 15.3. The molecule has 2 aromatic rings. The largest absolute Gasteiger partial charge is 0.481 e. The third-order valence-electron chi connectivity index (χ3n) is 9.97. The highest BCUT2D eigenvalue weighted by molar-refractivity contribution is 9.10. The number of hydrogen-bond acceptors (Lipinski definition) is 4. The molecule has 1 saturated heterocycles. The van der Waals surface area contributed by atoms with E-state index in [9.17, 15) is 49.5 Å². The van der Waals surface area contributed by atoms with Crippen LogP contribution in [0.25, 0.3) is 5.57 Å². The maximum absolute atomic E-state index is 15.3. The van der Waals surface area contributed by atoms with Crippen LogP contribution in [-0.2, 0) is 36.3 Å². The number of carbonyl (C=O) groups excluding carboxylic acids is 1. The van der Waals surface area contributed by atoms with Gasteiger partial charge in [0, 0.05) is 22.5 Å². The molecule has 1 saturated carbocycles. The molecule has 15 heteroatoms. The summed E-state index contributed by atoms with van der Waals surface area (Å²) in [4.78, 5) is 26.6. The monoisotopic (exact) mass is 753 g/mol. The van der Waals surface area contributed by atoms with E-state index in [1.807, 2.05) is 0 Å². The van der Waals surface area contributed by atoms with Crippen molar-refractivity contribution in [2.24, 2.45) is 11.8 Å². The summed E-state index contributed by atoms with van der Waals surface area (Å²) >= 11 is 2.72. The minimum Gasteiger partial charge on any atom is -0.481 e. The van der Waals surface area contributed by atoms with E-state index in [1.54, 1.807) is 6.92 Å². The van der Waals surface area contributed by atoms with Gasteiger partial charge in [-0.1, -0.05) is 46.3 Å². The molecule has 0 aromatic heterocycles. The first-order valence-electron chi connectivity index (χ1n) is 14.9. The van der Waals surface area contributed by atoms with Gasteiger partial charge in [-0.05, 0) is 86.8 Å². The second-order valence-corrected chi connectivity index (χ2v) is 15.6. The molecule has 47 heavy (non-hydrogen) atoms. The van der Waals surface area contributed by atoms with Crippen LogP contribution < -0.4 is 0 Å². The Morgan fingerprint density at radius 3 is 2.00 bits per heavy atom. The summed E-state index contributed by atoms with van der Waals surface area (Å²) in [5.41, 5.74) is -6.52. The second kappa shape index (κ2) is 11.9. The Morgan fingerprint density at radius 1 is 0.936 bits per heavy atom. The summed E-state index contributed by atoms with van der Waals surface area (Å²) < 4.78 is 125. The first-order chi connectivity index (χ1) is 21.7. The molecule has 2 aromatic carbocycles. The number of nitrogens with zero attached hydrogens (tertiary/aromatic N) is 1. The van der Waals surface area contributed by atoms with Gasteiger partial charge in [-0.2, -0.15) is 26.3 Å². The molecule has 0 radical (unpaired) electrons. The van der Waals surface area contributed by atoms with Crippen molar-refractivity contribution >= 4 is 43.2 Å². The van der Waals surface area contributed by atoms with E-state index in [0.717, 1.165) is 6.07 Å². The van der Waals surface area contributed by atoms with E-state index in [4.69, 9.17) is 0 Å². The van der Waals surface area contributed by atoms with Crippen LogP contribution in [0.1, 0.15) is 67.7 Å². The van der Waals surface area contributed by atoms with E-state index >= 15 is 4.39 Å². The summed E-state index contributed by atoms with van der Waals surface area (Å²) in [5.74, 6) is -2.55. The molecule has 2 atom stereocenters. The Kier molecular flexibility index (Phi) is 8.94. The van der Waals surface area contributed by atoms with Crippen molar-refractivity contribution in [3.8, 4) is 0 Å². The lowest BCUT2D eigenvalue weighted by atomic mass is 9.76. The van der Waals surface area contributed by atoms with Gasteiger partial charge in [-0.3, -0.25) is 9.59 Å². The standard InChI is InChI=1S/C32H31BrF7NO5S/c1-17(2)18-7-10-22(11-8-18)47(45,46)29-13-14-41(27(42)19-3-5-20(6-4-19)28(43)44)26(29)12-9-21-15-24(25(33)16-23(21)29)30(34,31(35,36)37)32(38,39)40/h7-8,10-11,15-16,19-20,26H,1,3-6,9,12-14H2,2H3,(H,43,44)/t19?,20?,26-,29-/m1/s1. The molecule has 0 spiro atoms. The summed E-state index contributed by atoms with van der Waals surface area (Å²) in [6.07, 6.45) is -12.3. The number of benzene rings is 2. The quantitative estimate of drug-likeness (QED) is 0.303. The second-order valence-electron chi connectivity index (χ2n) is 12.6. The molecule has 1 heterocycles. The van der Waals surface area contributed by atoms with Crippen LogP contribution in [0.3, 0.4) is 0 Å². The van der Waals surface area contributed by atoms with Gasteiger partial charge < -0.3 is 10.0 Å². The number of aliphatic carboxylic acids is 1. The lowest BCUT2D eigenvalue weighted by molar-refractivity contribution is -0.349. The minimum absolute atomic E-state index is 0.0810. The highest BCUT2D eigenvalue weighted by atomic mass is 79.9. The zero-order valence-electron chi connectivity index (χ0n) is 25.0. The summed E-state index contributed by atoms with van der Waals surface area (Å²) in [5, 5.41) is 9.36. The molecule has 2 aliphatic carbocycles. The highest BCUT2D eigenvalue weighted by Crippen LogP contribution is 2.58. The predicted octanol–water partition coefficient (Wildman–Crippen LogP) is 7.88. The molecular weight excluding hydrogens is 723 g/mol. The highest BCUT2D eigenvalue weighted by Gasteiger charge is 2.74. The Morgan fingerprint density at radius 2 is 1.49 bits per heavy atom. The van der Waals surface area contributed by atoms with E-state index < -0.39 is 66.5 Å². The number of halogens is 8. The number of alkyl halides is 7. The molecule has 256 valence electrons. The van der Waals surface area contributed by atoms with Gasteiger partial charge in [0.15, 0.2) is 9.84 Å². The molecule has 1 N–H and O–H groups in total. The van der Waals surface area contributed by atoms with Gasteiger partial charge in [0.25, 0.3) is 0 Å². The van der Waals surface area contributed by atoms with Crippen molar-refractivity contribution in [3.63, 3.8) is 0 Å². The number of hydrogen-bond donors (Lipinski definition) is 1. The van der Waals surface area contributed by atoms with Gasteiger partial charge in [-0.25, -0.2) is 12.8 Å². The molecule has 1 aliphatic heterocycles. The Balaban J connectivity index is 1.67. The average Bonchev–Trinajstić information content (AvgIpc) is 3.41. The van der Waals surface area contributed by atoms with E-state index in [1.165, 1.54) is 29.2 Å². The molecule has 5 rings (SSSR count). The third-order valence-corrected chi connectivity index (χ3v) is 13.2. The average molecular weight is 755 g/mol. The lowest BCUT2D eigenvalue weighted by Gasteiger charge is -2.44. The normalized spacial score (nSPS) is 25.2. The van der Waals surface area contributed by atoms with Crippen molar-refractivity contribution in [1.82, 2.24) is 4.90 Å². The van der Waals surface area contributed by atoms with Crippen LogP contribution in [0.5, 0.6) is 0 Å². The number of carbonyl (C=O) groups is 2. The van der Waals surface area contributed by atoms with Gasteiger partial charge >= 0.3 is 24.0 Å². The van der Waals surface area contributed by atoms with Gasteiger partial charge in [0.1, 0.15) is 4.75 Å². The SMILES string of the molecule is C=C(C)c1ccc(S(=O)(=O)[C@@]23CCN(C(=O)C4CCC(C(=O)O)CC4)[C@@H]2CCc2cc(C(F)(C(F)(F)F)C(F)(F)F)c(Br)cc23)cc1. The van der Waals surface area contributed by atoms with Gasteiger partial charge in [-0.15, -0.1) is 0 Å². The van der Waals surface area contributed by atoms with Gasteiger partial charge in [0.2, 0.25) is 5.91 Å². The van der Waals surface area contributed by atoms with Crippen molar-refractivity contribution in [3.05, 3.63) is 69.7 Å². The molecule has 6 nitrogen and oxygen atoms in total. The van der Waals surface area contributed by atoms with Crippen molar-refractivity contribution in [1.29, 1.82) is 0 Å². The van der Waals surface area contributed by atoms with E-state index in [0.29, 0.717) is 17.2 Å². The Labute approximate surface area is 275 Å². The fourth-order valence-corrected chi connectivity index (χ4v) is 10.5. The number of rotatable bonds is 6. The van der Waals surface area contributed by atoms with E-state index in [-0.39, 0.29) is 73.4 Å². The van der Waals surface area contributed by atoms with Gasteiger partial charge in [0.05, 0.1) is 16.9 Å². The lowest BCUT2D eigenvalue weighted by Crippen LogP contribution is -2.54.